The summed E-state index contributed by atoms with van der Waals surface area (Å²) >= 11 is 5.90. The van der Waals surface area contributed by atoms with Crippen LogP contribution in [0.5, 0.6) is 5.75 Å². The van der Waals surface area contributed by atoms with Crippen LogP contribution in [0, 0.1) is 0 Å². The molecule has 0 amide bonds. The highest BCUT2D eigenvalue weighted by atomic mass is 35.5. The topological polar surface area (TPSA) is 110 Å². The minimum atomic E-state index is -0.632. The standard InChI is InChI=1S/C17H15ClN6O4/c1-22-9-19-15-14(22)16(25)23(10-20-15)8-13-21-24(17(26)28-13)5-6-27-12-4-2-3-11(18)7-12/h2-4,7,9-10H,5-6,8H2,1H3. The molecule has 0 radical (unpaired) electrons. The third-order valence-corrected chi connectivity index (χ3v) is 4.26. The molecule has 3 aromatic heterocycles. The van der Waals surface area contributed by atoms with Crippen LogP contribution >= 0.6 is 11.6 Å². The first-order chi connectivity index (χ1) is 13.5. The highest BCUT2D eigenvalue weighted by Gasteiger charge is 2.13. The predicted octanol–water partition coefficient (Wildman–Crippen LogP) is 1.06. The van der Waals surface area contributed by atoms with Crippen molar-refractivity contribution in [3.05, 3.63) is 68.7 Å². The highest BCUT2D eigenvalue weighted by Crippen LogP contribution is 2.16. The van der Waals surface area contributed by atoms with Gasteiger partial charge in [-0.25, -0.2) is 14.8 Å². The molecule has 0 fully saturated rings. The second-order valence-corrected chi connectivity index (χ2v) is 6.43. The number of ether oxygens (including phenoxy) is 1. The molecule has 144 valence electrons. The van der Waals surface area contributed by atoms with E-state index in [2.05, 4.69) is 15.1 Å². The van der Waals surface area contributed by atoms with E-state index in [4.69, 9.17) is 20.8 Å². The van der Waals surface area contributed by atoms with Crippen molar-refractivity contribution >= 4 is 22.8 Å². The Morgan fingerprint density at radius 2 is 2.04 bits per heavy atom. The lowest BCUT2D eigenvalue weighted by Crippen LogP contribution is -2.23. The SMILES string of the molecule is Cn1cnc2ncn(Cc3nn(CCOc4cccc(Cl)c4)c(=O)o3)c(=O)c21. The normalized spacial score (nSPS) is 11.2. The lowest BCUT2D eigenvalue weighted by Gasteiger charge is -2.05. The number of hydrogen-bond acceptors (Lipinski definition) is 7. The zero-order chi connectivity index (χ0) is 19.7. The van der Waals surface area contributed by atoms with Crippen LogP contribution in [0.25, 0.3) is 11.2 Å². The van der Waals surface area contributed by atoms with Gasteiger partial charge in [-0.1, -0.05) is 17.7 Å². The minimum absolute atomic E-state index is 0.0235. The Bertz CT molecular complexity index is 1250. The first-order valence-electron chi connectivity index (χ1n) is 8.33. The van der Waals surface area contributed by atoms with Gasteiger partial charge < -0.3 is 13.7 Å². The van der Waals surface area contributed by atoms with Crippen molar-refractivity contribution in [2.75, 3.05) is 6.61 Å². The van der Waals surface area contributed by atoms with Crippen molar-refractivity contribution < 1.29 is 9.15 Å². The molecule has 4 aromatic rings. The monoisotopic (exact) mass is 402 g/mol. The van der Waals surface area contributed by atoms with Crippen LogP contribution in [0.1, 0.15) is 5.89 Å². The molecule has 0 bridgehead atoms. The summed E-state index contributed by atoms with van der Waals surface area (Å²) in [4.78, 5) is 32.7. The molecular weight excluding hydrogens is 388 g/mol. The van der Waals surface area contributed by atoms with E-state index in [1.807, 2.05) is 0 Å². The van der Waals surface area contributed by atoms with Gasteiger partial charge in [-0.15, -0.1) is 5.10 Å². The molecule has 0 N–H and O–H groups in total. The van der Waals surface area contributed by atoms with Crippen LogP contribution in [-0.4, -0.2) is 35.5 Å². The number of halogens is 1. The maximum absolute atomic E-state index is 12.5. The third-order valence-electron chi connectivity index (χ3n) is 4.02. The number of aromatic nitrogens is 6. The van der Waals surface area contributed by atoms with Gasteiger partial charge in [-0.05, 0) is 18.2 Å². The smallest absolute Gasteiger partial charge is 0.437 e. The number of imidazole rings is 1. The molecule has 0 saturated carbocycles. The van der Waals surface area contributed by atoms with Crippen molar-refractivity contribution in [2.24, 2.45) is 7.05 Å². The number of aryl methyl sites for hydroxylation is 1. The van der Waals surface area contributed by atoms with Crippen molar-refractivity contribution in [1.29, 1.82) is 0 Å². The molecule has 0 spiro atoms. The molecule has 0 aliphatic carbocycles. The van der Waals surface area contributed by atoms with Gasteiger partial charge in [0, 0.05) is 12.1 Å². The average molecular weight is 403 g/mol. The van der Waals surface area contributed by atoms with Gasteiger partial charge in [0.05, 0.1) is 12.9 Å². The van der Waals surface area contributed by atoms with Gasteiger partial charge in [0.25, 0.3) is 5.56 Å². The molecule has 0 saturated heterocycles. The summed E-state index contributed by atoms with van der Waals surface area (Å²) in [6.45, 7) is 0.363. The highest BCUT2D eigenvalue weighted by molar-refractivity contribution is 6.30. The second-order valence-electron chi connectivity index (χ2n) is 6.00. The zero-order valence-corrected chi connectivity index (χ0v) is 15.5. The van der Waals surface area contributed by atoms with Gasteiger partial charge in [0.1, 0.15) is 25.2 Å². The van der Waals surface area contributed by atoms with E-state index in [0.29, 0.717) is 21.9 Å². The molecule has 4 rings (SSSR count). The Hall–Kier alpha value is -3.40. The summed E-state index contributed by atoms with van der Waals surface area (Å²) in [5, 5.41) is 4.66. The van der Waals surface area contributed by atoms with Crippen LogP contribution in [0.4, 0.5) is 0 Å². The van der Waals surface area contributed by atoms with Crippen LogP contribution < -0.4 is 16.1 Å². The Morgan fingerprint density at radius 3 is 2.86 bits per heavy atom. The summed E-state index contributed by atoms with van der Waals surface area (Å²) in [7, 11) is 1.71. The zero-order valence-electron chi connectivity index (χ0n) is 14.8. The molecule has 0 aliphatic heterocycles. The van der Waals surface area contributed by atoms with E-state index in [0.717, 1.165) is 4.68 Å². The summed E-state index contributed by atoms with van der Waals surface area (Å²) in [5.41, 5.74) is 0.416. The lowest BCUT2D eigenvalue weighted by atomic mass is 10.3. The number of hydrogen-bond donors (Lipinski definition) is 0. The molecule has 0 unspecified atom stereocenters. The van der Waals surface area contributed by atoms with Crippen LogP contribution in [0.15, 0.2) is 50.9 Å². The molecule has 10 nitrogen and oxygen atoms in total. The van der Waals surface area contributed by atoms with Gasteiger partial charge >= 0.3 is 5.76 Å². The fourth-order valence-electron chi connectivity index (χ4n) is 2.69. The fourth-order valence-corrected chi connectivity index (χ4v) is 2.87. The van der Waals surface area contributed by atoms with Gasteiger partial charge in [0.2, 0.25) is 5.89 Å². The largest absolute Gasteiger partial charge is 0.492 e. The summed E-state index contributed by atoms with van der Waals surface area (Å²) in [6.07, 6.45) is 2.86. The molecule has 11 heteroatoms. The summed E-state index contributed by atoms with van der Waals surface area (Å²) < 4.78 is 14.7. The number of rotatable bonds is 6. The van der Waals surface area contributed by atoms with E-state index in [1.165, 1.54) is 17.2 Å². The first kappa shape index (κ1) is 18.0. The van der Waals surface area contributed by atoms with Crippen LogP contribution in [-0.2, 0) is 20.1 Å². The average Bonchev–Trinajstić information content (AvgIpc) is 3.21. The van der Waals surface area contributed by atoms with Crippen molar-refractivity contribution in [3.8, 4) is 5.75 Å². The Morgan fingerprint density at radius 1 is 1.21 bits per heavy atom. The van der Waals surface area contributed by atoms with Crippen molar-refractivity contribution in [2.45, 2.75) is 13.1 Å². The molecular formula is C17H15ClN6O4. The van der Waals surface area contributed by atoms with Gasteiger partial charge in [-0.3, -0.25) is 9.36 Å². The van der Waals surface area contributed by atoms with Crippen molar-refractivity contribution in [3.63, 3.8) is 0 Å². The third kappa shape index (κ3) is 3.54. The molecule has 0 aliphatic rings. The quantitative estimate of drug-likeness (QED) is 0.474. The van der Waals surface area contributed by atoms with E-state index < -0.39 is 5.76 Å². The van der Waals surface area contributed by atoms with Crippen molar-refractivity contribution in [1.82, 2.24) is 28.9 Å². The maximum atomic E-state index is 12.5. The van der Waals surface area contributed by atoms with E-state index >= 15 is 0 Å². The van der Waals surface area contributed by atoms with E-state index in [9.17, 15) is 9.59 Å². The summed E-state index contributed by atoms with van der Waals surface area (Å²) in [6, 6.07) is 6.94. The predicted molar refractivity (Wildman–Crippen MR) is 99.6 cm³/mol. The second kappa shape index (κ2) is 7.31. The Kier molecular flexibility index (Phi) is 4.70. The first-order valence-corrected chi connectivity index (χ1v) is 8.71. The fraction of sp³-hybridized carbons (Fsp3) is 0.235. The maximum Gasteiger partial charge on any atom is 0.437 e. The molecule has 3 heterocycles. The lowest BCUT2D eigenvalue weighted by molar-refractivity contribution is 0.285. The molecule has 1 aromatic carbocycles. The molecule has 28 heavy (non-hydrogen) atoms. The Balaban J connectivity index is 1.47. The van der Waals surface area contributed by atoms with Crippen LogP contribution in [0.3, 0.4) is 0 Å². The van der Waals surface area contributed by atoms with E-state index in [-0.39, 0.29) is 31.1 Å². The number of benzene rings is 1. The van der Waals surface area contributed by atoms with Gasteiger partial charge in [-0.2, -0.15) is 4.68 Å². The number of fused-ring (bicyclic) bond motifs is 1. The Labute approximate surface area is 162 Å². The summed E-state index contributed by atoms with van der Waals surface area (Å²) in [5.74, 6) is 0.0526. The van der Waals surface area contributed by atoms with E-state index in [1.54, 1.807) is 35.9 Å². The number of nitrogens with zero attached hydrogens (tertiary/aromatic N) is 6. The van der Waals surface area contributed by atoms with Gasteiger partial charge in [0.15, 0.2) is 11.2 Å². The molecule has 0 atom stereocenters. The van der Waals surface area contributed by atoms with Crippen LogP contribution in [0.2, 0.25) is 5.02 Å². The minimum Gasteiger partial charge on any atom is -0.492 e.